The van der Waals surface area contributed by atoms with Crippen molar-refractivity contribution in [3.05, 3.63) is 22.7 Å². The van der Waals surface area contributed by atoms with Gasteiger partial charge in [0.2, 0.25) is 0 Å². The van der Waals surface area contributed by atoms with Crippen LogP contribution >= 0.6 is 11.6 Å². The molecule has 2 rings (SSSR count). The molecule has 1 heterocycles. The van der Waals surface area contributed by atoms with Crippen molar-refractivity contribution in [3.8, 4) is 11.5 Å². The van der Waals surface area contributed by atoms with E-state index >= 15 is 0 Å². The molecule has 1 aliphatic rings. The number of carbonyl (C=O) groups is 1. The van der Waals surface area contributed by atoms with E-state index in [0.717, 1.165) is 18.7 Å². The predicted octanol–water partition coefficient (Wildman–Crippen LogP) is 2.69. The number of ether oxygens (including phenoxy) is 2. The van der Waals surface area contributed by atoms with Gasteiger partial charge in [0.1, 0.15) is 6.10 Å². The molecule has 0 atom stereocenters. The Morgan fingerprint density at radius 3 is 2.59 bits per heavy atom. The average Bonchev–Trinajstić information content (AvgIpc) is 2.38. The Kier molecular flexibility index (Phi) is 4.87. The van der Waals surface area contributed by atoms with Crippen LogP contribution in [0.5, 0.6) is 11.5 Å². The Labute approximate surface area is 135 Å². The van der Waals surface area contributed by atoms with E-state index in [1.165, 1.54) is 0 Å². The monoisotopic (exact) mass is 327 g/mol. The fourth-order valence-electron chi connectivity index (χ4n) is 2.47. The van der Waals surface area contributed by atoms with Crippen LogP contribution in [0, 0.1) is 5.41 Å². The number of benzene rings is 1. The van der Waals surface area contributed by atoms with Crippen molar-refractivity contribution in [1.29, 1.82) is 0 Å². The highest BCUT2D eigenvalue weighted by atomic mass is 35.5. The third-order valence-corrected chi connectivity index (χ3v) is 4.06. The first kappa shape index (κ1) is 16.9. The molecule has 0 spiro atoms. The van der Waals surface area contributed by atoms with E-state index in [1.54, 1.807) is 33.1 Å². The molecule has 0 aliphatic carbocycles. The summed E-state index contributed by atoms with van der Waals surface area (Å²) in [6.07, 6.45) is 0.406. The maximum Gasteiger partial charge on any atom is 0.309 e. The van der Waals surface area contributed by atoms with Gasteiger partial charge in [0.15, 0.2) is 11.5 Å². The van der Waals surface area contributed by atoms with E-state index in [9.17, 15) is 9.90 Å². The highest BCUT2D eigenvalue weighted by Gasteiger charge is 2.32. The summed E-state index contributed by atoms with van der Waals surface area (Å²) < 4.78 is 11.4. The molecule has 22 heavy (non-hydrogen) atoms. The van der Waals surface area contributed by atoms with Crippen molar-refractivity contribution >= 4 is 17.6 Å². The van der Waals surface area contributed by atoms with Crippen LogP contribution in [0.4, 0.5) is 0 Å². The largest absolute Gasteiger partial charge is 0.493 e. The summed E-state index contributed by atoms with van der Waals surface area (Å²) in [5.74, 6) is 0.276. The maximum absolute atomic E-state index is 11.4. The van der Waals surface area contributed by atoms with E-state index < -0.39 is 11.4 Å². The lowest BCUT2D eigenvalue weighted by molar-refractivity contribution is -0.146. The van der Waals surface area contributed by atoms with E-state index in [1.807, 2.05) is 7.05 Å². The van der Waals surface area contributed by atoms with Crippen LogP contribution in [0.1, 0.15) is 19.4 Å². The van der Waals surface area contributed by atoms with Crippen LogP contribution in [-0.4, -0.2) is 49.3 Å². The zero-order valence-corrected chi connectivity index (χ0v) is 14.1. The molecule has 1 N–H and O–H groups in total. The number of likely N-dealkylation sites (tertiary alicyclic amines) is 1. The quantitative estimate of drug-likeness (QED) is 0.870. The molecule has 1 fully saturated rings. The molecule has 0 radical (unpaired) electrons. The second-order valence-electron chi connectivity index (χ2n) is 6.42. The Balaban J connectivity index is 2.33. The molecule has 1 aromatic carbocycles. The third-order valence-electron chi connectivity index (χ3n) is 3.84. The van der Waals surface area contributed by atoms with Gasteiger partial charge in [0, 0.05) is 29.7 Å². The molecular weight excluding hydrogens is 306 g/mol. The molecule has 1 aliphatic heterocycles. The number of carboxylic acids is 1. The second kappa shape index (κ2) is 6.34. The van der Waals surface area contributed by atoms with E-state index in [4.69, 9.17) is 21.1 Å². The summed E-state index contributed by atoms with van der Waals surface area (Å²) in [6.45, 7) is 5.05. The highest BCUT2D eigenvalue weighted by Crippen LogP contribution is 2.39. The molecular formula is C16H22ClNO4. The summed E-state index contributed by atoms with van der Waals surface area (Å²) in [5, 5.41) is 9.86. The number of likely N-dealkylation sites (N-methyl/N-ethyl adjacent to an activating group) is 1. The summed E-state index contributed by atoms with van der Waals surface area (Å²) in [6, 6.07) is 3.45. The number of nitrogens with zero attached hydrogens (tertiary/aromatic N) is 1. The fourth-order valence-corrected chi connectivity index (χ4v) is 2.70. The molecule has 1 aromatic rings. The minimum absolute atomic E-state index is 0.0896. The van der Waals surface area contributed by atoms with Gasteiger partial charge in [0.05, 0.1) is 12.5 Å². The van der Waals surface area contributed by atoms with Crippen molar-refractivity contribution in [2.24, 2.45) is 5.41 Å². The molecule has 0 amide bonds. The van der Waals surface area contributed by atoms with Gasteiger partial charge in [-0.1, -0.05) is 11.6 Å². The Morgan fingerprint density at radius 2 is 2.09 bits per heavy atom. The minimum Gasteiger partial charge on any atom is -0.493 e. The number of halogens is 1. The van der Waals surface area contributed by atoms with E-state index in [2.05, 4.69) is 4.90 Å². The van der Waals surface area contributed by atoms with Crippen LogP contribution in [-0.2, 0) is 11.2 Å². The summed E-state index contributed by atoms with van der Waals surface area (Å²) >= 11 is 6.13. The van der Waals surface area contributed by atoms with Crippen molar-refractivity contribution < 1.29 is 19.4 Å². The zero-order valence-electron chi connectivity index (χ0n) is 13.4. The summed E-state index contributed by atoms with van der Waals surface area (Å²) in [5.41, 5.74) is -0.157. The van der Waals surface area contributed by atoms with Gasteiger partial charge in [-0.25, -0.2) is 0 Å². The smallest absolute Gasteiger partial charge is 0.309 e. The normalized spacial score (nSPS) is 16.2. The van der Waals surface area contributed by atoms with Crippen molar-refractivity contribution in [2.75, 3.05) is 27.2 Å². The highest BCUT2D eigenvalue weighted by molar-refractivity contribution is 6.30. The summed E-state index contributed by atoms with van der Waals surface area (Å²) in [4.78, 5) is 13.5. The van der Waals surface area contributed by atoms with Gasteiger partial charge in [-0.3, -0.25) is 9.69 Å². The third kappa shape index (κ3) is 3.65. The van der Waals surface area contributed by atoms with Gasteiger partial charge in [-0.05, 0) is 33.4 Å². The van der Waals surface area contributed by atoms with Gasteiger partial charge in [-0.15, -0.1) is 0 Å². The number of methoxy groups -OCH3 is 1. The lowest BCUT2D eigenvalue weighted by Gasteiger charge is -2.37. The van der Waals surface area contributed by atoms with E-state index in [-0.39, 0.29) is 6.10 Å². The number of hydrogen-bond donors (Lipinski definition) is 1. The minimum atomic E-state index is -0.912. The fraction of sp³-hybridized carbons (Fsp3) is 0.562. The maximum atomic E-state index is 11.4. The van der Waals surface area contributed by atoms with Gasteiger partial charge < -0.3 is 14.6 Å². The van der Waals surface area contributed by atoms with Gasteiger partial charge in [0.25, 0.3) is 0 Å². The first-order valence-electron chi connectivity index (χ1n) is 7.18. The van der Waals surface area contributed by atoms with Crippen LogP contribution in [0.15, 0.2) is 12.1 Å². The number of rotatable bonds is 6. The van der Waals surface area contributed by atoms with Crippen molar-refractivity contribution in [2.45, 2.75) is 26.4 Å². The second-order valence-corrected chi connectivity index (χ2v) is 6.86. The predicted molar refractivity (Wildman–Crippen MR) is 85.0 cm³/mol. The lowest BCUT2D eigenvalue weighted by atomic mass is 9.85. The lowest BCUT2D eigenvalue weighted by Crippen LogP contribution is -2.51. The SMILES string of the molecule is COc1cc(Cl)cc(CC(C)(C)C(=O)O)c1OC1CN(C)C1. The van der Waals surface area contributed by atoms with Crippen LogP contribution in [0.2, 0.25) is 5.02 Å². The molecule has 6 heteroatoms. The van der Waals surface area contributed by atoms with Crippen molar-refractivity contribution in [3.63, 3.8) is 0 Å². The first-order valence-corrected chi connectivity index (χ1v) is 7.55. The van der Waals surface area contributed by atoms with Crippen molar-refractivity contribution in [1.82, 2.24) is 4.90 Å². The van der Waals surface area contributed by atoms with Gasteiger partial charge in [-0.2, -0.15) is 0 Å². The topological polar surface area (TPSA) is 59.0 Å². The average molecular weight is 328 g/mol. The number of hydrogen-bond acceptors (Lipinski definition) is 4. The van der Waals surface area contributed by atoms with Gasteiger partial charge >= 0.3 is 5.97 Å². The van der Waals surface area contributed by atoms with Crippen LogP contribution < -0.4 is 9.47 Å². The Morgan fingerprint density at radius 1 is 1.45 bits per heavy atom. The summed E-state index contributed by atoms with van der Waals surface area (Å²) in [7, 11) is 3.57. The number of carboxylic acid groups (broad SMARTS) is 1. The first-order chi connectivity index (χ1) is 10.2. The Bertz CT molecular complexity index is 568. The standard InChI is InChI=1S/C16H22ClNO4/c1-16(2,15(19)20)7-10-5-11(17)6-13(21-4)14(10)22-12-8-18(3)9-12/h5-6,12H,7-9H2,1-4H3,(H,19,20). The molecule has 0 bridgehead atoms. The molecule has 0 saturated carbocycles. The molecule has 1 saturated heterocycles. The van der Waals surface area contributed by atoms with Crippen LogP contribution in [0.25, 0.3) is 0 Å². The number of aliphatic carboxylic acids is 1. The molecule has 0 unspecified atom stereocenters. The van der Waals surface area contributed by atoms with Crippen LogP contribution in [0.3, 0.4) is 0 Å². The van der Waals surface area contributed by atoms with E-state index in [0.29, 0.717) is 22.9 Å². The molecule has 122 valence electrons. The molecule has 0 aromatic heterocycles. The zero-order chi connectivity index (χ0) is 16.5. The Hall–Kier alpha value is -1.46. The molecule has 5 nitrogen and oxygen atoms in total.